The first-order valence-corrected chi connectivity index (χ1v) is 7.01. The second-order valence-corrected chi connectivity index (χ2v) is 5.39. The SMILES string of the molecule is C=CC(CC1CCCCC1)C(O)(CC)CC. The Morgan fingerprint density at radius 3 is 2.25 bits per heavy atom. The van der Waals surface area contributed by atoms with Crippen LogP contribution in [-0.4, -0.2) is 10.7 Å². The van der Waals surface area contributed by atoms with Crippen molar-refractivity contribution in [3.8, 4) is 0 Å². The van der Waals surface area contributed by atoms with Crippen LogP contribution < -0.4 is 0 Å². The van der Waals surface area contributed by atoms with Crippen LogP contribution >= 0.6 is 0 Å². The fourth-order valence-electron chi connectivity index (χ4n) is 3.09. The van der Waals surface area contributed by atoms with Crippen LogP contribution in [0, 0.1) is 11.8 Å². The first kappa shape index (κ1) is 13.8. The van der Waals surface area contributed by atoms with Crippen LogP contribution in [0.5, 0.6) is 0 Å². The van der Waals surface area contributed by atoms with Gasteiger partial charge in [0.25, 0.3) is 0 Å². The van der Waals surface area contributed by atoms with E-state index in [0.717, 1.165) is 25.2 Å². The molecule has 1 saturated carbocycles. The molecule has 1 atom stereocenters. The lowest BCUT2D eigenvalue weighted by Gasteiger charge is -2.36. The molecular formula is C15H28O. The lowest BCUT2D eigenvalue weighted by Crippen LogP contribution is -2.36. The third kappa shape index (κ3) is 3.35. The van der Waals surface area contributed by atoms with Gasteiger partial charge in [-0.1, -0.05) is 52.0 Å². The van der Waals surface area contributed by atoms with Gasteiger partial charge in [0.2, 0.25) is 0 Å². The Hall–Kier alpha value is -0.300. The maximum Gasteiger partial charge on any atom is 0.0704 e. The van der Waals surface area contributed by atoms with Crippen molar-refractivity contribution < 1.29 is 5.11 Å². The summed E-state index contributed by atoms with van der Waals surface area (Å²) in [6, 6.07) is 0. The molecule has 94 valence electrons. The van der Waals surface area contributed by atoms with Gasteiger partial charge in [0.05, 0.1) is 5.60 Å². The summed E-state index contributed by atoms with van der Waals surface area (Å²) >= 11 is 0. The largest absolute Gasteiger partial charge is 0.389 e. The minimum atomic E-state index is -0.515. The lowest BCUT2D eigenvalue weighted by molar-refractivity contribution is -0.0177. The molecule has 1 nitrogen and oxygen atoms in total. The molecule has 1 rings (SSSR count). The summed E-state index contributed by atoms with van der Waals surface area (Å²) in [5.74, 6) is 1.10. The zero-order valence-corrected chi connectivity index (χ0v) is 11.0. The molecule has 0 heterocycles. The molecule has 1 aliphatic carbocycles. The Kier molecular flexibility index (Phi) is 5.54. The maximum absolute atomic E-state index is 10.5. The van der Waals surface area contributed by atoms with Crippen molar-refractivity contribution >= 4 is 0 Å². The highest BCUT2D eigenvalue weighted by molar-refractivity contribution is 4.95. The van der Waals surface area contributed by atoms with Crippen LogP contribution in [0.3, 0.4) is 0 Å². The Morgan fingerprint density at radius 1 is 1.25 bits per heavy atom. The van der Waals surface area contributed by atoms with Gasteiger partial charge in [0, 0.05) is 5.92 Å². The minimum Gasteiger partial charge on any atom is -0.389 e. The third-order valence-electron chi connectivity index (χ3n) is 4.51. The molecule has 1 unspecified atom stereocenters. The van der Waals surface area contributed by atoms with E-state index in [0.29, 0.717) is 0 Å². The van der Waals surface area contributed by atoms with E-state index in [1.807, 2.05) is 6.08 Å². The highest BCUT2D eigenvalue weighted by Gasteiger charge is 2.32. The number of hydrogen-bond acceptors (Lipinski definition) is 1. The summed E-state index contributed by atoms with van der Waals surface area (Å²) in [6.45, 7) is 8.10. The van der Waals surface area contributed by atoms with Crippen LogP contribution in [0.2, 0.25) is 0 Å². The molecule has 0 spiro atoms. The van der Waals surface area contributed by atoms with Gasteiger partial charge in [-0.25, -0.2) is 0 Å². The molecule has 0 amide bonds. The first-order chi connectivity index (χ1) is 7.66. The molecular weight excluding hydrogens is 196 g/mol. The van der Waals surface area contributed by atoms with E-state index in [1.165, 1.54) is 32.1 Å². The van der Waals surface area contributed by atoms with Gasteiger partial charge in [0.1, 0.15) is 0 Å². The predicted molar refractivity (Wildman–Crippen MR) is 70.4 cm³/mol. The average Bonchev–Trinajstić information content (AvgIpc) is 2.36. The molecule has 1 fully saturated rings. The Morgan fingerprint density at radius 2 is 1.81 bits per heavy atom. The van der Waals surface area contributed by atoms with Gasteiger partial charge in [-0.05, 0) is 25.2 Å². The maximum atomic E-state index is 10.5. The lowest BCUT2D eigenvalue weighted by atomic mass is 9.74. The molecule has 0 radical (unpaired) electrons. The second kappa shape index (κ2) is 6.44. The van der Waals surface area contributed by atoms with E-state index in [-0.39, 0.29) is 5.92 Å². The Balaban J connectivity index is 2.55. The van der Waals surface area contributed by atoms with Crippen LogP contribution in [0.4, 0.5) is 0 Å². The van der Waals surface area contributed by atoms with Crippen molar-refractivity contribution in [2.75, 3.05) is 0 Å². The van der Waals surface area contributed by atoms with Gasteiger partial charge >= 0.3 is 0 Å². The Bertz CT molecular complexity index is 199. The van der Waals surface area contributed by atoms with E-state index in [2.05, 4.69) is 20.4 Å². The van der Waals surface area contributed by atoms with E-state index in [4.69, 9.17) is 0 Å². The summed E-state index contributed by atoms with van der Waals surface area (Å²) < 4.78 is 0. The molecule has 1 heteroatoms. The second-order valence-electron chi connectivity index (χ2n) is 5.39. The molecule has 1 N–H and O–H groups in total. The fraction of sp³-hybridized carbons (Fsp3) is 0.867. The van der Waals surface area contributed by atoms with E-state index >= 15 is 0 Å². The zero-order chi connectivity index (χ0) is 12.0. The minimum absolute atomic E-state index is 0.283. The van der Waals surface area contributed by atoms with Crippen LogP contribution in [0.15, 0.2) is 12.7 Å². The van der Waals surface area contributed by atoms with Crippen molar-refractivity contribution in [2.24, 2.45) is 11.8 Å². The van der Waals surface area contributed by atoms with Crippen LogP contribution in [0.1, 0.15) is 65.2 Å². The standard InChI is InChI=1S/C15H28O/c1-4-14(15(16,5-2)6-3)12-13-10-8-7-9-11-13/h4,13-14,16H,1,5-12H2,2-3H3. The predicted octanol–water partition coefficient (Wildman–Crippen LogP) is 4.31. The normalized spacial score (nSPS) is 20.7. The molecule has 16 heavy (non-hydrogen) atoms. The number of hydrogen-bond donors (Lipinski definition) is 1. The summed E-state index contributed by atoms with van der Waals surface area (Å²) in [7, 11) is 0. The van der Waals surface area contributed by atoms with Crippen molar-refractivity contribution in [1.82, 2.24) is 0 Å². The molecule has 0 aromatic rings. The smallest absolute Gasteiger partial charge is 0.0704 e. The molecule has 0 saturated heterocycles. The van der Waals surface area contributed by atoms with Crippen molar-refractivity contribution in [3.05, 3.63) is 12.7 Å². The van der Waals surface area contributed by atoms with Crippen LogP contribution in [0.25, 0.3) is 0 Å². The highest BCUT2D eigenvalue weighted by atomic mass is 16.3. The summed E-state index contributed by atoms with van der Waals surface area (Å²) in [6.07, 6.45) is 11.7. The highest BCUT2D eigenvalue weighted by Crippen LogP contribution is 2.36. The van der Waals surface area contributed by atoms with E-state index in [1.54, 1.807) is 0 Å². The topological polar surface area (TPSA) is 20.2 Å². The van der Waals surface area contributed by atoms with Gasteiger partial charge in [-0.2, -0.15) is 0 Å². The van der Waals surface area contributed by atoms with Gasteiger partial charge in [0.15, 0.2) is 0 Å². The summed E-state index contributed by atoms with van der Waals surface area (Å²) in [4.78, 5) is 0. The quantitative estimate of drug-likeness (QED) is 0.667. The molecule has 0 aliphatic heterocycles. The van der Waals surface area contributed by atoms with E-state index < -0.39 is 5.60 Å². The summed E-state index contributed by atoms with van der Waals surface area (Å²) in [5.41, 5.74) is -0.515. The molecule has 0 aromatic heterocycles. The fourth-order valence-corrected chi connectivity index (χ4v) is 3.09. The molecule has 0 bridgehead atoms. The van der Waals surface area contributed by atoms with Gasteiger partial charge in [-0.15, -0.1) is 6.58 Å². The van der Waals surface area contributed by atoms with Crippen molar-refractivity contribution in [2.45, 2.75) is 70.8 Å². The number of rotatable bonds is 6. The van der Waals surface area contributed by atoms with Gasteiger partial charge in [-0.3, -0.25) is 0 Å². The molecule has 1 aliphatic rings. The van der Waals surface area contributed by atoms with E-state index in [9.17, 15) is 5.11 Å². The van der Waals surface area contributed by atoms with Crippen molar-refractivity contribution in [3.63, 3.8) is 0 Å². The van der Waals surface area contributed by atoms with Crippen LogP contribution in [-0.2, 0) is 0 Å². The van der Waals surface area contributed by atoms with Crippen molar-refractivity contribution in [1.29, 1.82) is 0 Å². The number of aliphatic hydroxyl groups is 1. The third-order valence-corrected chi connectivity index (χ3v) is 4.51. The van der Waals surface area contributed by atoms with Gasteiger partial charge < -0.3 is 5.11 Å². The summed E-state index contributed by atoms with van der Waals surface area (Å²) in [5, 5.41) is 10.5. The molecule has 0 aromatic carbocycles. The average molecular weight is 224 g/mol. The Labute approximate surface area is 101 Å². The zero-order valence-electron chi connectivity index (χ0n) is 11.0. The monoisotopic (exact) mass is 224 g/mol. The first-order valence-electron chi connectivity index (χ1n) is 7.01.